The molecule has 5 nitrogen and oxygen atoms in total. The zero-order valence-electron chi connectivity index (χ0n) is 16.7. The molecule has 28 heavy (non-hydrogen) atoms. The summed E-state index contributed by atoms with van der Waals surface area (Å²) >= 11 is 0. The summed E-state index contributed by atoms with van der Waals surface area (Å²) in [5.41, 5.74) is 0.721. The van der Waals surface area contributed by atoms with E-state index in [0.29, 0.717) is 6.54 Å². The lowest BCUT2D eigenvalue weighted by molar-refractivity contribution is -0.128. The molecule has 1 heterocycles. The fraction of sp³-hybridized carbons (Fsp3) is 0.478. The molecule has 0 unspecified atom stereocenters. The molecule has 0 saturated heterocycles. The third-order valence-electron chi connectivity index (χ3n) is 5.64. The van der Waals surface area contributed by atoms with Crippen LogP contribution in [0, 0.1) is 0 Å². The summed E-state index contributed by atoms with van der Waals surface area (Å²) in [4.78, 5) is 17.4. The van der Waals surface area contributed by atoms with Gasteiger partial charge < -0.3 is 15.4 Å². The number of aromatic nitrogens is 1. The summed E-state index contributed by atoms with van der Waals surface area (Å²) in [7, 11) is 1.67. The van der Waals surface area contributed by atoms with Crippen molar-refractivity contribution in [1.29, 1.82) is 0 Å². The Bertz CT molecular complexity index is 725. The molecule has 0 bridgehead atoms. The Morgan fingerprint density at radius 1 is 1.04 bits per heavy atom. The zero-order valence-corrected chi connectivity index (χ0v) is 16.7. The van der Waals surface area contributed by atoms with Crippen molar-refractivity contribution in [3.05, 3.63) is 54.2 Å². The molecule has 1 saturated carbocycles. The van der Waals surface area contributed by atoms with Gasteiger partial charge in [-0.1, -0.05) is 37.5 Å². The highest BCUT2D eigenvalue weighted by atomic mass is 16.5. The topological polar surface area (TPSA) is 63.2 Å². The van der Waals surface area contributed by atoms with Gasteiger partial charge in [0.05, 0.1) is 12.5 Å². The lowest BCUT2D eigenvalue weighted by atomic mass is 9.68. The highest BCUT2D eigenvalue weighted by Crippen LogP contribution is 2.40. The van der Waals surface area contributed by atoms with E-state index < -0.39 is 5.41 Å². The molecule has 0 aliphatic heterocycles. The molecule has 1 aliphatic carbocycles. The van der Waals surface area contributed by atoms with Crippen LogP contribution in [0.25, 0.3) is 0 Å². The van der Waals surface area contributed by atoms with Gasteiger partial charge in [0.2, 0.25) is 5.91 Å². The first-order chi connectivity index (χ1) is 13.7. The molecule has 0 atom stereocenters. The van der Waals surface area contributed by atoms with Crippen molar-refractivity contribution >= 4 is 11.7 Å². The van der Waals surface area contributed by atoms with Crippen LogP contribution in [0.1, 0.15) is 50.5 Å². The number of rotatable bonds is 9. The van der Waals surface area contributed by atoms with Gasteiger partial charge in [0, 0.05) is 19.3 Å². The molecule has 1 amide bonds. The summed E-state index contributed by atoms with van der Waals surface area (Å²) in [6, 6.07) is 13.9. The number of pyridine rings is 1. The van der Waals surface area contributed by atoms with Crippen molar-refractivity contribution in [1.82, 2.24) is 10.3 Å². The molecule has 2 aromatic rings. The number of carbonyl (C=O) groups excluding carboxylic acids is 1. The molecule has 150 valence electrons. The third-order valence-corrected chi connectivity index (χ3v) is 5.64. The number of nitrogens with one attached hydrogen (secondary N) is 2. The minimum Gasteiger partial charge on any atom is -0.497 e. The fourth-order valence-corrected chi connectivity index (χ4v) is 4.02. The molecule has 0 spiro atoms. The summed E-state index contributed by atoms with van der Waals surface area (Å²) in [6.45, 7) is 1.57. The maximum atomic E-state index is 13.2. The molecule has 3 rings (SSSR count). The molecule has 1 fully saturated rings. The number of methoxy groups -OCH3 is 1. The van der Waals surface area contributed by atoms with Crippen LogP contribution >= 0.6 is 0 Å². The van der Waals surface area contributed by atoms with Gasteiger partial charge in [-0.25, -0.2) is 4.98 Å². The van der Waals surface area contributed by atoms with Crippen LogP contribution in [0.4, 0.5) is 5.82 Å². The van der Waals surface area contributed by atoms with Crippen LogP contribution in [0.2, 0.25) is 0 Å². The molecule has 2 N–H and O–H groups in total. The first-order valence-corrected chi connectivity index (χ1v) is 10.3. The Hall–Kier alpha value is -2.56. The molecule has 0 radical (unpaired) electrons. The van der Waals surface area contributed by atoms with Crippen LogP contribution in [0.5, 0.6) is 5.75 Å². The van der Waals surface area contributed by atoms with Gasteiger partial charge in [0.15, 0.2) is 0 Å². The van der Waals surface area contributed by atoms with Crippen LogP contribution in [0.3, 0.4) is 0 Å². The normalized spacial score (nSPS) is 15.6. The summed E-state index contributed by atoms with van der Waals surface area (Å²) < 4.78 is 5.27. The van der Waals surface area contributed by atoms with Crippen molar-refractivity contribution in [2.75, 3.05) is 25.5 Å². The number of carbonyl (C=O) groups is 1. The van der Waals surface area contributed by atoms with Crippen LogP contribution in [-0.4, -0.2) is 31.1 Å². The summed E-state index contributed by atoms with van der Waals surface area (Å²) in [5.74, 6) is 1.90. The van der Waals surface area contributed by atoms with Crippen molar-refractivity contribution in [3.8, 4) is 5.75 Å². The number of unbranched alkanes of at least 4 members (excludes halogenated alkanes) is 1. The van der Waals surface area contributed by atoms with Gasteiger partial charge in [-0.05, 0) is 55.5 Å². The van der Waals surface area contributed by atoms with E-state index >= 15 is 0 Å². The number of nitrogens with zero attached hydrogens (tertiary/aromatic N) is 1. The fourth-order valence-electron chi connectivity index (χ4n) is 4.02. The molecular formula is C23H31N3O2. The lowest BCUT2D eigenvalue weighted by Crippen LogP contribution is -2.46. The second-order valence-electron chi connectivity index (χ2n) is 7.48. The maximum Gasteiger partial charge on any atom is 0.230 e. The van der Waals surface area contributed by atoms with E-state index in [1.54, 1.807) is 13.3 Å². The van der Waals surface area contributed by atoms with Crippen molar-refractivity contribution in [3.63, 3.8) is 0 Å². The van der Waals surface area contributed by atoms with Crippen LogP contribution in [-0.2, 0) is 10.2 Å². The first-order valence-electron chi connectivity index (χ1n) is 10.3. The van der Waals surface area contributed by atoms with E-state index in [0.717, 1.165) is 62.2 Å². The average Bonchev–Trinajstić information content (AvgIpc) is 2.77. The second kappa shape index (κ2) is 10.1. The summed E-state index contributed by atoms with van der Waals surface area (Å²) in [6.07, 6.45) is 8.99. The lowest BCUT2D eigenvalue weighted by Gasteiger charge is -2.36. The molecular weight excluding hydrogens is 350 g/mol. The van der Waals surface area contributed by atoms with Crippen molar-refractivity contribution in [2.24, 2.45) is 0 Å². The minimum atomic E-state index is -0.392. The molecule has 1 aromatic carbocycles. The van der Waals surface area contributed by atoms with E-state index in [2.05, 4.69) is 27.8 Å². The molecule has 1 aromatic heterocycles. The van der Waals surface area contributed by atoms with E-state index in [1.165, 1.54) is 6.42 Å². The Kier molecular flexibility index (Phi) is 7.29. The monoisotopic (exact) mass is 381 g/mol. The number of benzene rings is 1. The van der Waals surface area contributed by atoms with Crippen LogP contribution in [0.15, 0.2) is 48.7 Å². The Morgan fingerprint density at radius 2 is 1.79 bits per heavy atom. The largest absolute Gasteiger partial charge is 0.497 e. The quantitative estimate of drug-likeness (QED) is 0.636. The molecule has 1 aliphatic rings. The standard InChI is InChI=1S/C23H31N3O2/c1-28-20-12-10-19(11-13-20)23(14-4-2-5-15-23)22(27)26-18-8-7-17-25-21-9-3-6-16-24-21/h3,6,9-13,16H,2,4-5,7-8,14-15,17-18H2,1H3,(H,24,25)(H,26,27). The number of hydrogen-bond acceptors (Lipinski definition) is 4. The summed E-state index contributed by atoms with van der Waals surface area (Å²) in [5, 5.41) is 6.51. The zero-order chi connectivity index (χ0) is 19.7. The van der Waals surface area contributed by atoms with Gasteiger partial charge in [0.25, 0.3) is 0 Å². The van der Waals surface area contributed by atoms with Gasteiger partial charge in [-0.3, -0.25) is 4.79 Å². The third kappa shape index (κ3) is 5.03. The van der Waals surface area contributed by atoms with Crippen molar-refractivity contribution < 1.29 is 9.53 Å². The van der Waals surface area contributed by atoms with E-state index in [1.807, 2.05) is 30.3 Å². The SMILES string of the molecule is COc1ccc(C2(C(=O)NCCCCNc3ccccn3)CCCCC2)cc1. The highest BCUT2D eigenvalue weighted by Gasteiger charge is 2.40. The van der Waals surface area contributed by atoms with Gasteiger partial charge in [-0.15, -0.1) is 0 Å². The smallest absolute Gasteiger partial charge is 0.230 e. The van der Waals surface area contributed by atoms with E-state index in [-0.39, 0.29) is 5.91 Å². The minimum absolute atomic E-state index is 0.176. The Balaban J connectivity index is 1.50. The number of hydrogen-bond donors (Lipinski definition) is 2. The van der Waals surface area contributed by atoms with Crippen molar-refractivity contribution in [2.45, 2.75) is 50.4 Å². The highest BCUT2D eigenvalue weighted by molar-refractivity contribution is 5.88. The van der Waals surface area contributed by atoms with Gasteiger partial charge in [-0.2, -0.15) is 0 Å². The number of amides is 1. The van der Waals surface area contributed by atoms with Gasteiger partial charge >= 0.3 is 0 Å². The number of anilines is 1. The second-order valence-corrected chi connectivity index (χ2v) is 7.48. The van der Waals surface area contributed by atoms with Crippen LogP contribution < -0.4 is 15.4 Å². The van der Waals surface area contributed by atoms with E-state index in [9.17, 15) is 4.79 Å². The molecule has 5 heteroatoms. The predicted octanol–water partition coefficient (Wildman–Crippen LogP) is 4.30. The predicted molar refractivity (Wildman–Crippen MR) is 113 cm³/mol. The number of ether oxygens (including phenoxy) is 1. The van der Waals surface area contributed by atoms with Gasteiger partial charge in [0.1, 0.15) is 11.6 Å². The maximum absolute atomic E-state index is 13.2. The van der Waals surface area contributed by atoms with E-state index in [4.69, 9.17) is 4.74 Å². The Morgan fingerprint density at radius 3 is 2.46 bits per heavy atom. The first kappa shape index (κ1) is 20.2. The average molecular weight is 382 g/mol. The Labute approximate surface area is 167 Å².